The number of rotatable bonds is 6. The fourth-order valence-electron chi connectivity index (χ4n) is 1.44. The first-order chi connectivity index (χ1) is 7.09. The molecule has 3 nitrogen and oxygen atoms in total. The van der Waals surface area contributed by atoms with Crippen molar-refractivity contribution in [3.63, 3.8) is 0 Å². The van der Waals surface area contributed by atoms with E-state index in [1.165, 1.54) is 0 Å². The van der Waals surface area contributed by atoms with Crippen molar-refractivity contribution in [3.05, 3.63) is 18.7 Å². The second-order valence-electron chi connectivity index (χ2n) is 4.81. The van der Waals surface area contributed by atoms with Gasteiger partial charge in [0.15, 0.2) is 0 Å². The lowest BCUT2D eigenvalue weighted by molar-refractivity contribution is 0.370. The second kappa shape index (κ2) is 5.91. The van der Waals surface area contributed by atoms with Crippen LogP contribution in [0.5, 0.6) is 0 Å². The van der Waals surface area contributed by atoms with Crippen LogP contribution in [0.2, 0.25) is 0 Å². The van der Waals surface area contributed by atoms with E-state index in [1.54, 1.807) is 0 Å². The third kappa shape index (κ3) is 4.47. The topological polar surface area (TPSA) is 29.9 Å². The Kier molecular flexibility index (Phi) is 4.82. The van der Waals surface area contributed by atoms with Gasteiger partial charge in [0.1, 0.15) is 0 Å². The van der Waals surface area contributed by atoms with E-state index in [1.807, 2.05) is 18.7 Å². The molecule has 0 amide bonds. The summed E-state index contributed by atoms with van der Waals surface area (Å²) in [6.07, 6.45) is 5.72. The van der Waals surface area contributed by atoms with Crippen LogP contribution >= 0.6 is 0 Å². The van der Waals surface area contributed by atoms with Crippen LogP contribution in [0.25, 0.3) is 0 Å². The molecule has 1 aromatic rings. The van der Waals surface area contributed by atoms with Crippen LogP contribution in [-0.2, 0) is 6.54 Å². The van der Waals surface area contributed by atoms with Crippen molar-refractivity contribution < 1.29 is 0 Å². The summed E-state index contributed by atoms with van der Waals surface area (Å²) in [6, 6.07) is 0.593. The number of hydrogen-bond acceptors (Lipinski definition) is 2. The predicted octanol–water partition coefficient (Wildman–Crippen LogP) is 2.15. The van der Waals surface area contributed by atoms with E-state index in [0.717, 1.165) is 13.1 Å². The van der Waals surface area contributed by atoms with E-state index in [4.69, 9.17) is 0 Å². The molecule has 0 bridgehead atoms. The van der Waals surface area contributed by atoms with Gasteiger partial charge in [-0.05, 0) is 25.3 Å². The maximum absolute atomic E-state index is 4.04. The Hall–Kier alpha value is -0.830. The highest BCUT2D eigenvalue weighted by Gasteiger charge is 2.08. The SMILES string of the molecule is CC(CNC(C)C(C)C)Cn1ccnc1. The van der Waals surface area contributed by atoms with Crippen molar-refractivity contribution in [2.75, 3.05) is 6.54 Å². The lowest BCUT2D eigenvalue weighted by Gasteiger charge is -2.20. The minimum absolute atomic E-state index is 0.593. The van der Waals surface area contributed by atoms with Gasteiger partial charge in [-0.1, -0.05) is 20.8 Å². The zero-order valence-electron chi connectivity index (χ0n) is 10.3. The molecule has 1 N–H and O–H groups in total. The van der Waals surface area contributed by atoms with Crippen molar-refractivity contribution in [1.29, 1.82) is 0 Å². The van der Waals surface area contributed by atoms with Crippen LogP contribution in [0.15, 0.2) is 18.7 Å². The number of aromatic nitrogens is 2. The Morgan fingerprint density at radius 3 is 2.53 bits per heavy atom. The molecular weight excluding hydrogens is 186 g/mol. The van der Waals surface area contributed by atoms with E-state index >= 15 is 0 Å². The third-order valence-electron chi connectivity index (χ3n) is 2.87. The normalized spacial score (nSPS) is 15.5. The van der Waals surface area contributed by atoms with Crippen LogP contribution in [0.1, 0.15) is 27.7 Å². The smallest absolute Gasteiger partial charge is 0.0946 e. The number of hydrogen-bond donors (Lipinski definition) is 1. The molecule has 0 spiro atoms. The average Bonchev–Trinajstić information content (AvgIpc) is 2.66. The van der Waals surface area contributed by atoms with E-state index in [0.29, 0.717) is 17.9 Å². The molecule has 0 fully saturated rings. The van der Waals surface area contributed by atoms with Crippen LogP contribution in [-0.4, -0.2) is 22.1 Å². The first-order valence-corrected chi connectivity index (χ1v) is 5.78. The van der Waals surface area contributed by atoms with E-state index < -0.39 is 0 Å². The summed E-state index contributed by atoms with van der Waals surface area (Å²) in [5, 5.41) is 3.56. The van der Waals surface area contributed by atoms with Gasteiger partial charge in [0.25, 0.3) is 0 Å². The van der Waals surface area contributed by atoms with Gasteiger partial charge in [0.05, 0.1) is 6.33 Å². The standard InChI is InChI=1S/C12H23N3/c1-10(2)12(4)14-7-11(3)8-15-6-5-13-9-15/h5-6,9-12,14H,7-8H2,1-4H3. The van der Waals surface area contributed by atoms with E-state index in [2.05, 4.69) is 42.6 Å². The number of nitrogens with zero attached hydrogens (tertiary/aromatic N) is 2. The van der Waals surface area contributed by atoms with E-state index in [9.17, 15) is 0 Å². The second-order valence-corrected chi connectivity index (χ2v) is 4.81. The van der Waals surface area contributed by atoms with Gasteiger partial charge in [-0.2, -0.15) is 0 Å². The molecule has 0 aromatic carbocycles. The Bertz CT molecular complexity index is 254. The highest BCUT2D eigenvalue weighted by molar-refractivity contribution is 4.76. The molecular formula is C12H23N3. The van der Waals surface area contributed by atoms with Gasteiger partial charge in [-0.25, -0.2) is 4.98 Å². The lowest BCUT2D eigenvalue weighted by Crippen LogP contribution is -2.35. The molecule has 0 radical (unpaired) electrons. The zero-order valence-corrected chi connectivity index (χ0v) is 10.3. The number of nitrogens with one attached hydrogen (secondary N) is 1. The third-order valence-corrected chi connectivity index (χ3v) is 2.87. The molecule has 1 rings (SSSR count). The molecule has 15 heavy (non-hydrogen) atoms. The Morgan fingerprint density at radius 2 is 2.00 bits per heavy atom. The molecule has 0 saturated heterocycles. The first-order valence-electron chi connectivity index (χ1n) is 5.78. The van der Waals surface area contributed by atoms with Crippen molar-refractivity contribution >= 4 is 0 Å². The summed E-state index contributed by atoms with van der Waals surface area (Å²) in [6.45, 7) is 11.1. The minimum atomic E-state index is 0.593. The highest BCUT2D eigenvalue weighted by Crippen LogP contribution is 2.03. The van der Waals surface area contributed by atoms with Crippen molar-refractivity contribution in [2.24, 2.45) is 11.8 Å². The molecule has 1 aromatic heterocycles. The van der Waals surface area contributed by atoms with Crippen molar-refractivity contribution in [2.45, 2.75) is 40.3 Å². The van der Waals surface area contributed by atoms with Gasteiger partial charge in [0, 0.05) is 25.0 Å². The predicted molar refractivity (Wildman–Crippen MR) is 63.7 cm³/mol. The summed E-state index contributed by atoms with van der Waals surface area (Å²) < 4.78 is 2.13. The molecule has 2 atom stereocenters. The van der Waals surface area contributed by atoms with Crippen molar-refractivity contribution in [1.82, 2.24) is 14.9 Å². The monoisotopic (exact) mass is 209 g/mol. The largest absolute Gasteiger partial charge is 0.337 e. The Balaban J connectivity index is 2.22. The van der Waals surface area contributed by atoms with Gasteiger partial charge >= 0.3 is 0 Å². The number of imidazole rings is 1. The van der Waals surface area contributed by atoms with Gasteiger partial charge in [-0.3, -0.25) is 0 Å². The summed E-state index contributed by atoms with van der Waals surface area (Å²) >= 11 is 0. The average molecular weight is 209 g/mol. The summed E-state index contributed by atoms with van der Waals surface area (Å²) in [5.41, 5.74) is 0. The Labute approximate surface area is 92.9 Å². The van der Waals surface area contributed by atoms with Gasteiger partial charge in [0.2, 0.25) is 0 Å². The summed E-state index contributed by atoms with van der Waals surface area (Å²) in [5.74, 6) is 1.34. The lowest BCUT2D eigenvalue weighted by atomic mass is 10.1. The van der Waals surface area contributed by atoms with Crippen LogP contribution < -0.4 is 5.32 Å². The fourth-order valence-corrected chi connectivity index (χ4v) is 1.44. The fraction of sp³-hybridized carbons (Fsp3) is 0.750. The van der Waals surface area contributed by atoms with Crippen molar-refractivity contribution in [3.8, 4) is 0 Å². The molecule has 1 heterocycles. The maximum atomic E-state index is 4.04. The molecule has 0 aliphatic carbocycles. The molecule has 3 heteroatoms. The molecule has 0 aliphatic heterocycles. The van der Waals surface area contributed by atoms with Crippen LogP contribution in [0, 0.1) is 11.8 Å². The first kappa shape index (κ1) is 12.2. The maximum Gasteiger partial charge on any atom is 0.0946 e. The highest BCUT2D eigenvalue weighted by atomic mass is 15.0. The minimum Gasteiger partial charge on any atom is -0.337 e. The van der Waals surface area contributed by atoms with Crippen LogP contribution in [0.3, 0.4) is 0 Å². The molecule has 2 unspecified atom stereocenters. The molecule has 0 aliphatic rings. The van der Waals surface area contributed by atoms with Crippen LogP contribution in [0.4, 0.5) is 0 Å². The molecule has 86 valence electrons. The quantitative estimate of drug-likeness (QED) is 0.778. The van der Waals surface area contributed by atoms with Gasteiger partial charge < -0.3 is 9.88 Å². The molecule has 0 saturated carbocycles. The Morgan fingerprint density at radius 1 is 1.27 bits per heavy atom. The van der Waals surface area contributed by atoms with Gasteiger partial charge in [-0.15, -0.1) is 0 Å². The van der Waals surface area contributed by atoms with E-state index in [-0.39, 0.29) is 0 Å². The summed E-state index contributed by atoms with van der Waals surface area (Å²) in [4.78, 5) is 4.04. The zero-order chi connectivity index (χ0) is 11.3. The summed E-state index contributed by atoms with van der Waals surface area (Å²) in [7, 11) is 0.